The van der Waals surface area contributed by atoms with Crippen molar-refractivity contribution in [1.82, 2.24) is 0 Å². The van der Waals surface area contributed by atoms with Gasteiger partial charge in [0.15, 0.2) is 0 Å². The molecule has 0 bridgehead atoms. The van der Waals surface area contributed by atoms with Gasteiger partial charge in [-0.3, -0.25) is 14.5 Å². The van der Waals surface area contributed by atoms with Gasteiger partial charge in [-0.05, 0) is 24.1 Å². The molecule has 110 valence electrons. The molecule has 0 fully saturated rings. The van der Waals surface area contributed by atoms with Crippen molar-refractivity contribution in [3.63, 3.8) is 0 Å². The third-order valence-corrected chi connectivity index (χ3v) is 4.47. The molecule has 2 amide bonds. The third kappa shape index (κ3) is 1.64. The summed E-state index contributed by atoms with van der Waals surface area (Å²) in [5.41, 5.74) is 3.73. The summed E-state index contributed by atoms with van der Waals surface area (Å²) in [6.07, 6.45) is 0. The van der Waals surface area contributed by atoms with Crippen LogP contribution < -0.4 is 9.80 Å². The third-order valence-electron chi connectivity index (χ3n) is 4.47. The van der Waals surface area contributed by atoms with Crippen LogP contribution in [0, 0.1) is 0 Å². The number of hydrogen-bond donors (Lipinski definition) is 0. The van der Waals surface area contributed by atoms with Crippen LogP contribution in [0.1, 0.15) is 24.0 Å². The summed E-state index contributed by atoms with van der Waals surface area (Å²) < 4.78 is 0. The molecule has 2 aliphatic rings. The largest absolute Gasteiger partial charge is 0.309 e. The smallest absolute Gasteiger partial charge is 0.247 e. The second-order valence-corrected chi connectivity index (χ2v) is 5.62. The Balaban J connectivity index is 1.93. The highest BCUT2D eigenvalue weighted by Crippen LogP contribution is 2.48. The summed E-state index contributed by atoms with van der Waals surface area (Å²) >= 11 is 0. The standard InChI is InChI=1S/C18H16N2O2/c1-2-19-14-10-6-9-13-16(12-7-4-3-5-8-12)18(22)20(17(13)14)11-15(19)21/h3-10,16H,2,11H2,1H3. The Bertz CT molecular complexity index is 770. The maximum atomic E-state index is 12.9. The molecule has 0 N–H and O–H groups in total. The molecule has 4 rings (SSSR count). The predicted molar refractivity (Wildman–Crippen MR) is 85.1 cm³/mol. The predicted octanol–water partition coefficient (Wildman–Crippen LogP) is 2.53. The number of hydrogen-bond acceptors (Lipinski definition) is 2. The molecule has 2 heterocycles. The Labute approximate surface area is 129 Å². The van der Waals surface area contributed by atoms with Crippen LogP contribution in [0.4, 0.5) is 11.4 Å². The molecule has 0 aliphatic carbocycles. The fraction of sp³-hybridized carbons (Fsp3) is 0.222. The van der Waals surface area contributed by atoms with Gasteiger partial charge in [-0.15, -0.1) is 0 Å². The highest BCUT2D eigenvalue weighted by atomic mass is 16.2. The molecule has 2 aromatic carbocycles. The molecule has 0 spiro atoms. The highest BCUT2D eigenvalue weighted by Gasteiger charge is 2.44. The zero-order valence-electron chi connectivity index (χ0n) is 12.3. The van der Waals surface area contributed by atoms with Crippen molar-refractivity contribution in [2.24, 2.45) is 0 Å². The first-order valence-electron chi connectivity index (χ1n) is 7.52. The molecule has 4 nitrogen and oxygen atoms in total. The van der Waals surface area contributed by atoms with Crippen LogP contribution in [-0.2, 0) is 9.59 Å². The van der Waals surface area contributed by atoms with Gasteiger partial charge in [0.05, 0.1) is 17.3 Å². The average Bonchev–Trinajstić information content (AvgIpc) is 2.82. The van der Waals surface area contributed by atoms with Gasteiger partial charge in [-0.2, -0.15) is 0 Å². The number of benzene rings is 2. The van der Waals surface area contributed by atoms with Gasteiger partial charge in [-0.1, -0.05) is 42.5 Å². The van der Waals surface area contributed by atoms with Gasteiger partial charge >= 0.3 is 0 Å². The van der Waals surface area contributed by atoms with Crippen LogP contribution in [-0.4, -0.2) is 24.9 Å². The van der Waals surface area contributed by atoms with Gasteiger partial charge in [0.25, 0.3) is 0 Å². The van der Waals surface area contributed by atoms with Crippen LogP contribution >= 0.6 is 0 Å². The molecule has 1 unspecified atom stereocenters. The van der Waals surface area contributed by atoms with Crippen LogP contribution in [0.2, 0.25) is 0 Å². The van der Waals surface area contributed by atoms with E-state index in [1.165, 1.54) is 0 Å². The normalized spacial score (nSPS) is 19.6. The Hall–Kier alpha value is -2.62. The number of amides is 2. The Morgan fingerprint density at radius 3 is 2.55 bits per heavy atom. The van der Waals surface area contributed by atoms with Crippen molar-refractivity contribution in [3.05, 3.63) is 59.7 Å². The lowest BCUT2D eigenvalue weighted by atomic mass is 9.92. The van der Waals surface area contributed by atoms with Gasteiger partial charge in [0.2, 0.25) is 11.8 Å². The van der Waals surface area contributed by atoms with Gasteiger partial charge in [0, 0.05) is 6.54 Å². The second kappa shape index (κ2) is 4.70. The zero-order valence-corrected chi connectivity index (χ0v) is 12.3. The van der Waals surface area contributed by atoms with E-state index in [4.69, 9.17) is 0 Å². The Morgan fingerprint density at radius 1 is 1.05 bits per heavy atom. The topological polar surface area (TPSA) is 40.6 Å². The highest BCUT2D eigenvalue weighted by molar-refractivity contribution is 6.18. The number of carbonyl (C=O) groups is 2. The molecule has 0 saturated carbocycles. The Kier molecular flexibility index (Phi) is 2.79. The van der Waals surface area contributed by atoms with Crippen molar-refractivity contribution < 1.29 is 9.59 Å². The van der Waals surface area contributed by atoms with E-state index >= 15 is 0 Å². The van der Waals surface area contributed by atoms with Gasteiger partial charge in [-0.25, -0.2) is 0 Å². The van der Waals surface area contributed by atoms with Crippen molar-refractivity contribution in [1.29, 1.82) is 0 Å². The number of likely N-dealkylation sites (N-methyl/N-ethyl adjacent to an activating group) is 1. The molecular formula is C18H16N2O2. The summed E-state index contributed by atoms with van der Waals surface area (Å²) in [5.74, 6) is -0.326. The van der Waals surface area contributed by atoms with E-state index < -0.39 is 0 Å². The van der Waals surface area contributed by atoms with Crippen LogP contribution in [0.15, 0.2) is 48.5 Å². The van der Waals surface area contributed by atoms with E-state index in [2.05, 4.69) is 0 Å². The average molecular weight is 292 g/mol. The Morgan fingerprint density at radius 2 is 1.82 bits per heavy atom. The van der Waals surface area contributed by atoms with Gasteiger partial charge in [0.1, 0.15) is 6.54 Å². The summed E-state index contributed by atoms with van der Waals surface area (Å²) in [5, 5.41) is 0. The molecule has 0 aromatic heterocycles. The summed E-state index contributed by atoms with van der Waals surface area (Å²) in [7, 11) is 0. The first-order valence-corrected chi connectivity index (χ1v) is 7.52. The van der Waals surface area contributed by atoms with Crippen LogP contribution in [0.3, 0.4) is 0 Å². The molecule has 1 atom stereocenters. The minimum absolute atomic E-state index is 0.00208. The summed E-state index contributed by atoms with van der Waals surface area (Å²) in [6, 6.07) is 15.6. The van der Waals surface area contributed by atoms with E-state index in [1.807, 2.05) is 55.5 Å². The fourth-order valence-corrected chi connectivity index (χ4v) is 3.52. The van der Waals surface area contributed by atoms with Crippen molar-refractivity contribution in [2.75, 3.05) is 22.9 Å². The quantitative estimate of drug-likeness (QED) is 0.853. The monoisotopic (exact) mass is 292 g/mol. The molecule has 0 saturated heterocycles. The fourth-order valence-electron chi connectivity index (χ4n) is 3.52. The summed E-state index contributed by atoms with van der Waals surface area (Å²) in [6.45, 7) is 2.71. The molecular weight excluding hydrogens is 276 g/mol. The first-order chi connectivity index (χ1) is 10.7. The molecule has 22 heavy (non-hydrogen) atoms. The van der Waals surface area contributed by atoms with E-state index in [9.17, 15) is 9.59 Å². The first kappa shape index (κ1) is 13.1. The van der Waals surface area contributed by atoms with Crippen molar-refractivity contribution in [3.8, 4) is 0 Å². The molecule has 0 radical (unpaired) electrons. The van der Waals surface area contributed by atoms with Crippen LogP contribution in [0.5, 0.6) is 0 Å². The van der Waals surface area contributed by atoms with E-state index in [0.29, 0.717) is 6.54 Å². The van der Waals surface area contributed by atoms with Crippen molar-refractivity contribution in [2.45, 2.75) is 12.8 Å². The van der Waals surface area contributed by atoms with Gasteiger partial charge < -0.3 is 4.90 Å². The SMILES string of the molecule is CCN1C(=O)CN2C(=O)C(c3ccccc3)c3cccc1c32. The molecule has 2 aliphatic heterocycles. The van der Waals surface area contributed by atoms with E-state index in [1.54, 1.807) is 9.80 Å². The lowest BCUT2D eigenvalue weighted by molar-refractivity contribution is -0.122. The zero-order chi connectivity index (χ0) is 15.3. The number of rotatable bonds is 2. The molecule has 4 heteroatoms. The van der Waals surface area contributed by atoms with Crippen molar-refractivity contribution >= 4 is 23.2 Å². The minimum Gasteiger partial charge on any atom is -0.309 e. The summed E-state index contributed by atoms with van der Waals surface area (Å²) in [4.78, 5) is 28.6. The lowest BCUT2D eigenvalue weighted by Crippen LogP contribution is -2.46. The van der Waals surface area contributed by atoms with E-state index in [-0.39, 0.29) is 24.3 Å². The number of nitrogens with zero attached hydrogens (tertiary/aromatic N) is 2. The molecule has 2 aromatic rings. The lowest BCUT2D eigenvalue weighted by Gasteiger charge is -2.33. The minimum atomic E-state index is -0.305. The number of carbonyl (C=O) groups excluding carboxylic acids is 2. The second-order valence-electron chi connectivity index (χ2n) is 5.62. The van der Waals surface area contributed by atoms with Crippen LogP contribution in [0.25, 0.3) is 0 Å². The number of anilines is 2. The number of para-hydroxylation sites is 1. The maximum absolute atomic E-state index is 12.9. The maximum Gasteiger partial charge on any atom is 0.247 e. The van der Waals surface area contributed by atoms with E-state index in [0.717, 1.165) is 22.5 Å².